The van der Waals surface area contributed by atoms with Crippen molar-refractivity contribution in [2.24, 2.45) is 17.6 Å². The van der Waals surface area contributed by atoms with Crippen LogP contribution in [0.1, 0.15) is 26.7 Å². The first-order valence-electron chi connectivity index (χ1n) is 7.06. The van der Waals surface area contributed by atoms with E-state index in [1.807, 2.05) is 0 Å². The first kappa shape index (κ1) is 17.1. The van der Waals surface area contributed by atoms with E-state index < -0.39 is 4.92 Å². The molecule has 0 radical (unpaired) electrons. The molecule has 1 rings (SSSR count). The Bertz CT molecular complexity index is 485. The number of nitro groups is 1. The summed E-state index contributed by atoms with van der Waals surface area (Å²) < 4.78 is 0. The van der Waals surface area contributed by atoms with Gasteiger partial charge in [-0.2, -0.15) is 0 Å². The minimum absolute atomic E-state index is 0.0132. The number of anilines is 1. The van der Waals surface area contributed by atoms with E-state index >= 15 is 0 Å². The highest BCUT2D eigenvalue weighted by Crippen LogP contribution is 2.21. The summed E-state index contributed by atoms with van der Waals surface area (Å²) in [6.45, 7) is 4.69. The van der Waals surface area contributed by atoms with Gasteiger partial charge < -0.3 is 10.6 Å². The molecule has 1 aromatic carbocycles. The van der Waals surface area contributed by atoms with Crippen molar-refractivity contribution in [2.75, 3.05) is 18.5 Å². The normalized spacial score (nSPS) is 12.2. The molecule has 0 spiro atoms. The number of hydrogen-bond acceptors (Lipinski definition) is 4. The fourth-order valence-corrected chi connectivity index (χ4v) is 2.26. The molecule has 1 atom stereocenters. The summed E-state index contributed by atoms with van der Waals surface area (Å²) in [6.07, 6.45) is 1.30. The molecule has 0 fully saturated rings. The van der Waals surface area contributed by atoms with E-state index in [-0.39, 0.29) is 17.5 Å². The van der Waals surface area contributed by atoms with E-state index in [0.29, 0.717) is 24.6 Å². The number of nitrogens with zero attached hydrogens (tertiary/aromatic N) is 2. The second kappa shape index (κ2) is 7.73. The molecule has 21 heavy (non-hydrogen) atoms. The Morgan fingerprint density at radius 3 is 2.33 bits per heavy atom. The van der Waals surface area contributed by atoms with Gasteiger partial charge in [0.15, 0.2) is 0 Å². The molecule has 1 amide bonds. The van der Waals surface area contributed by atoms with Crippen LogP contribution in [0.4, 0.5) is 11.4 Å². The monoisotopic (exact) mass is 293 g/mol. The van der Waals surface area contributed by atoms with Gasteiger partial charge in [0.1, 0.15) is 0 Å². The van der Waals surface area contributed by atoms with Crippen LogP contribution in [-0.4, -0.2) is 24.4 Å². The number of carbonyl (C=O) groups is 1. The fraction of sp³-hybridized carbons (Fsp3) is 0.533. The Morgan fingerprint density at radius 1 is 1.33 bits per heavy atom. The van der Waals surface area contributed by atoms with Gasteiger partial charge in [-0.1, -0.05) is 13.8 Å². The molecule has 0 aliphatic heterocycles. The molecule has 6 heteroatoms. The standard InChI is InChI=1S/C15H23N3O3/c1-11(2)8-12(10-16)9-15(19)17(3)13-4-6-14(7-5-13)18(20)21/h4-7,11-12H,8-10,16H2,1-3H3/t12-/m0/s1. The lowest BCUT2D eigenvalue weighted by Crippen LogP contribution is -2.30. The van der Waals surface area contributed by atoms with E-state index in [4.69, 9.17) is 5.73 Å². The Hall–Kier alpha value is -1.95. The Morgan fingerprint density at radius 2 is 1.90 bits per heavy atom. The summed E-state index contributed by atoms with van der Waals surface area (Å²) in [4.78, 5) is 23.9. The molecule has 116 valence electrons. The SMILES string of the molecule is CC(C)C[C@H](CN)CC(=O)N(C)c1ccc([N+](=O)[O-])cc1. The zero-order valence-electron chi connectivity index (χ0n) is 12.8. The highest BCUT2D eigenvalue weighted by Gasteiger charge is 2.18. The minimum Gasteiger partial charge on any atom is -0.330 e. The predicted molar refractivity (Wildman–Crippen MR) is 83.1 cm³/mol. The quantitative estimate of drug-likeness (QED) is 0.618. The van der Waals surface area contributed by atoms with Crippen LogP contribution in [0.25, 0.3) is 0 Å². The van der Waals surface area contributed by atoms with Gasteiger partial charge in [0.25, 0.3) is 5.69 Å². The Kier molecular flexibility index (Phi) is 6.30. The van der Waals surface area contributed by atoms with Crippen LogP contribution >= 0.6 is 0 Å². The summed E-state index contributed by atoms with van der Waals surface area (Å²) in [5.74, 6) is 0.633. The third kappa shape index (κ3) is 5.15. The molecule has 0 aliphatic rings. The number of benzene rings is 1. The second-order valence-electron chi connectivity index (χ2n) is 5.66. The zero-order chi connectivity index (χ0) is 16.0. The van der Waals surface area contributed by atoms with Gasteiger partial charge >= 0.3 is 0 Å². The largest absolute Gasteiger partial charge is 0.330 e. The number of non-ortho nitro benzene ring substituents is 1. The average molecular weight is 293 g/mol. The summed E-state index contributed by atoms with van der Waals surface area (Å²) >= 11 is 0. The maximum absolute atomic E-state index is 12.2. The van der Waals surface area contributed by atoms with Gasteiger partial charge in [0.2, 0.25) is 5.91 Å². The van der Waals surface area contributed by atoms with E-state index in [0.717, 1.165) is 6.42 Å². The summed E-state index contributed by atoms with van der Waals surface area (Å²) in [5, 5.41) is 10.6. The van der Waals surface area contributed by atoms with Crippen molar-refractivity contribution in [3.63, 3.8) is 0 Å². The number of amides is 1. The van der Waals surface area contributed by atoms with Gasteiger partial charge in [-0.05, 0) is 36.9 Å². The van der Waals surface area contributed by atoms with Gasteiger partial charge in [-0.3, -0.25) is 14.9 Å². The van der Waals surface area contributed by atoms with E-state index in [1.54, 1.807) is 19.2 Å². The molecule has 0 bridgehead atoms. The molecular weight excluding hydrogens is 270 g/mol. The maximum atomic E-state index is 12.2. The molecular formula is C15H23N3O3. The van der Waals surface area contributed by atoms with Crippen molar-refractivity contribution >= 4 is 17.3 Å². The Labute approximate surface area is 125 Å². The van der Waals surface area contributed by atoms with E-state index in [1.165, 1.54) is 17.0 Å². The van der Waals surface area contributed by atoms with Crippen LogP contribution < -0.4 is 10.6 Å². The molecule has 0 unspecified atom stereocenters. The number of nitrogens with two attached hydrogens (primary N) is 1. The van der Waals surface area contributed by atoms with Crippen molar-refractivity contribution < 1.29 is 9.72 Å². The molecule has 0 saturated carbocycles. The first-order valence-corrected chi connectivity index (χ1v) is 7.06. The number of hydrogen-bond donors (Lipinski definition) is 1. The topological polar surface area (TPSA) is 89.5 Å². The number of nitro benzene ring substituents is 1. The van der Waals surface area contributed by atoms with Crippen LogP contribution in [0, 0.1) is 22.0 Å². The fourth-order valence-electron chi connectivity index (χ4n) is 2.26. The van der Waals surface area contributed by atoms with E-state index in [9.17, 15) is 14.9 Å². The lowest BCUT2D eigenvalue weighted by Gasteiger charge is -2.22. The molecule has 0 saturated heterocycles. The lowest BCUT2D eigenvalue weighted by atomic mass is 9.94. The lowest BCUT2D eigenvalue weighted by molar-refractivity contribution is -0.384. The molecule has 0 heterocycles. The van der Waals surface area contributed by atoms with Gasteiger partial charge in [-0.15, -0.1) is 0 Å². The summed E-state index contributed by atoms with van der Waals surface area (Å²) in [6, 6.07) is 5.95. The van der Waals surface area contributed by atoms with Crippen LogP contribution in [0.3, 0.4) is 0 Å². The van der Waals surface area contributed by atoms with Crippen molar-refractivity contribution in [1.29, 1.82) is 0 Å². The van der Waals surface area contributed by atoms with Crippen LogP contribution in [0.2, 0.25) is 0 Å². The van der Waals surface area contributed by atoms with E-state index in [2.05, 4.69) is 13.8 Å². The van der Waals surface area contributed by atoms with Crippen LogP contribution in [0.15, 0.2) is 24.3 Å². The summed E-state index contributed by atoms with van der Waals surface area (Å²) in [5.41, 5.74) is 6.37. The average Bonchev–Trinajstić information content (AvgIpc) is 2.45. The van der Waals surface area contributed by atoms with Crippen molar-refractivity contribution in [3.8, 4) is 0 Å². The molecule has 0 aliphatic carbocycles. The van der Waals surface area contributed by atoms with Crippen LogP contribution in [-0.2, 0) is 4.79 Å². The summed E-state index contributed by atoms with van der Waals surface area (Å²) in [7, 11) is 1.67. The zero-order valence-corrected chi connectivity index (χ0v) is 12.8. The van der Waals surface area contributed by atoms with Crippen molar-refractivity contribution in [1.82, 2.24) is 0 Å². The van der Waals surface area contributed by atoms with Gasteiger partial charge in [0, 0.05) is 31.3 Å². The number of rotatable bonds is 7. The highest BCUT2D eigenvalue weighted by atomic mass is 16.6. The predicted octanol–water partition coefficient (Wildman–Crippen LogP) is 2.57. The van der Waals surface area contributed by atoms with Crippen molar-refractivity contribution in [3.05, 3.63) is 34.4 Å². The number of carbonyl (C=O) groups excluding carboxylic acids is 1. The van der Waals surface area contributed by atoms with Crippen molar-refractivity contribution in [2.45, 2.75) is 26.7 Å². The first-order chi connectivity index (χ1) is 9.85. The molecule has 2 N–H and O–H groups in total. The third-order valence-electron chi connectivity index (χ3n) is 3.42. The smallest absolute Gasteiger partial charge is 0.269 e. The molecule has 1 aromatic rings. The van der Waals surface area contributed by atoms with Gasteiger partial charge in [-0.25, -0.2) is 0 Å². The Balaban J connectivity index is 2.70. The third-order valence-corrected chi connectivity index (χ3v) is 3.42. The van der Waals surface area contributed by atoms with Gasteiger partial charge in [0.05, 0.1) is 4.92 Å². The van der Waals surface area contributed by atoms with Crippen LogP contribution in [0.5, 0.6) is 0 Å². The maximum Gasteiger partial charge on any atom is 0.269 e. The highest BCUT2D eigenvalue weighted by molar-refractivity contribution is 5.93. The minimum atomic E-state index is -0.460. The second-order valence-corrected chi connectivity index (χ2v) is 5.66. The molecule has 0 aromatic heterocycles. The molecule has 6 nitrogen and oxygen atoms in total.